The van der Waals surface area contributed by atoms with Crippen molar-refractivity contribution in [2.45, 2.75) is 45.3 Å². The Bertz CT molecular complexity index is 458. The first-order chi connectivity index (χ1) is 9.39. The van der Waals surface area contributed by atoms with Crippen LogP contribution in [0.4, 0.5) is 0 Å². The lowest BCUT2D eigenvalue weighted by Gasteiger charge is -2.57. The molecule has 1 heterocycles. The smallest absolute Gasteiger partial charge is 0.225 e. The Balaban J connectivity index is 1.83. The van der Waals surface area contributed by atoms with Gasteiger partial charge >= 0.3 is 0 Å². The summed E-state index contributed by atoms with van der Waals surface area (Å²) in [4.78, 5) is 12.9. The van der Waals surface area contributed by atoms with E-state index in [9.17, 15) is 9.90 Å². The molecule has 0 bridgehead atoms. The van der Waals surface area contributed by atoms with Gasteiger partial charge in [-0.25, -0.2) is 0 Å². The van der Waals surface area contributed by atoms with Gasteiger partial charge in [0.05, 0.1) is 18.1 Å². The first-order valence-corrected chi connectivity index (χ1v) is 7.90. The lowest BCUT2D eigenvalue weighted by Crippen LogP contribution is -2.68. The van der Waals surface area contributed by atoms with Gasteiger partial charge in [0.15, 0.2) is 0 Å². The van der Waals surface area contributed by atoms with Crippen LogP contribution in [0, 0.1) is 5.41 Å². The quantitative estimate of drug-likeness (QED) is 0.844. The van der Waals surface area contributed by atoms with Gasteiger partial charge in [-0.2, -0.15) is 0 Å². The molecule has 1 saturated carbocycles. The third-order valence-corrected chi connectivity index (χ3v) is 5.26. The normalized spacial score (nSPS) is 27.9. The molecule has 0 spiro atoms. The van der Waals surface area contributed by atoms with Crippen LogP contribution in [0.25, 0.3) is 0 Å². The van der Waals surface area contributed by atoms with E-state index in [1.54, 1.807) is 11.3 Å². The second-order valence-electron chi connectivity index (χ2n) is 5.93. The van der Waals surface area contributed by atoms with Gasteiger partial charge in [0, 0.05) is 29.9 Å². The number of aliphatic hydroxyl groups is 1. The van der Waals surface area contributed by atoms with Gasteiger partial charge in [-0.05, 0) is 18.4 Å². The number of hydrogen-bond donors (Lipinski definition) is 2. The second-order valence-corrected chi connectivity index (χ2v) is 6.97. The van der Waals surface area contributed by atoms with Crippen molar-refractivity contribution in [3.63, 3.8) is 0 Å². The summed E-state index contributed by atoms with van der Waals surface area (Å²) in [6.45, 7) is 6.86. The molecule has 4 nitrogen and oxygen atoms in total. The number of ether oxygens (including phenoxy) is 1. The van der Waals surface area contributed by atoms with E-state index in [1.165, 1.54) is 0 Å². The van der Waals surface area contributed by atoms with Crippen molar-refractivity contribution < 1.29 is 14.6 Å². The Morgan fingerprint density at radius 3 is 2.90 bits per heavy atom. The number of rotatable bonds is 6. The lowest BCUT2D eigenvalue weighted by atomic mass is 9.56. The molecule has 1 aliphatic rings. The molecule has 2 unspecified atom stereocenters. The number of hydrogen-bond acceptors (Lipinski definition) is 4. The van der Waals surface area contributed by atoms with E-state index in [0.717, 1.165) is 4.88 Å². The van der Waals surface area contributed by atoms with E-state index >= 15 is 0 Å². The maximum absolute atomic E-state index is 11.9. The van der Waals surface area contributed by atoms with Gasteiger partial charge < -0.3 is 15.2 Å². The van der Waals surface area contributed by atoms with E-state index in [4.69, 9.17) is 4.74 Å². The summed E-state index contributed by atoms with van der Waals surface area (Å²) in [5.41, 5.74) is -1.21. The molecule has 20 heavy (non-hydrogen) atoms. The molecule has 0 aliphatic heterocycles. The number of nitrogens with one attached hydrogen (secondary N) is 1. The van der Waals surface area contributed by atoms with Crippen LogP contribution in [0.15, 0.2) is 17.5 Å². The summed E-state index contributed by atoms with van der Waals surface area (Å²) < 4.78 is 5.61. The maximum Gasteiger partial charge on any atom is 0.225 e. The second kappa shape index (κ2) is 5.84. The fraction of sp³-hybridized carbons (Fsp3) is 0.667. The van der Waals surface area contributed by atoms with Crippen molar-refractivity contribution in [1.29, 1.82) is 0 Å². The van der Waals surface area contributed by atoms with Crippen molar-refractivity contribution in [3.05, 3.63) is 22.4 Å². The fourth-order valence-corrected chi connectivity index (χ4v) is 3.34. The van der Waals surface area contributed by atoms with E-state index < -0.39 is 5.60 Å². The molecule has 1 aliphatic carbocycles. The van der Waals surface area contributed by atoms with Gasteiger partial charge in [-0.3, -0.25) is 4.79 Å². The minimum Gasteiger partial charge on any atom is -0.387 e. The van der Waals surface area contributed by atoms with E-state index in [0.29, 0.717) is 19.4 Å². The Morgan fingerprint density at radius 1 is 1.60 bits per heavy atom. The molecule has 1 aromatic heterocycles. The van der Waals surface area contributed by atoms with Crippen LogP contribution in [-0.4, -0.2) is 35.9 Å². The molecule has 112 valence electrons. The molecule has 0 radical (unpaired) electrons. The average Bonchev–Trinajstić information content (AvgIpc) is 2.89. The lowest BCUT2D eigenvalue weighted by molar-refractivity contribution is -0.238. The number of carbonyl (C=O) groups excluding carboxylic acids is 1. The molecule has 2 rings (SSSR count). The van der Waals surface area contributed by atoms with Gasteiger partial charge in [-0.15, -0.1) is 11.3 Å². The van der Waals surface area contributed by atoms with Gasteiger partial charge in [0.25, 0.3) is 0 Å². The Labute approximate surface area is 124 Å². The molecule has 2 atom stereocenters. The van der Waals surface area contributed by atoms with Crippen molar-refractivity contribution >= 4 is 17.2 Å². The minimum atomic E-state index is -0.877. The summed E-state index contributed by atoms with van der Waals surface area (Å²) >= 11 is 1.57. The molecule has 1 aromatic rings. The van der Waals surface area contributed by atoms with E-state index in [1.807, 2.05) is 38.3 Å². The van der Waals surface area contributed by atoms with Crippen LogP contribution in [0.1, 0.15) is 32.1 Å². The van der Waals surface area contributed by atoms with Crippen molar-refractivity contribution in [1.82, 2.24) is 5.32 Å². The molecular formula is C15H23NO3S. The highest BCUT2D eigenvalue weighted by Crippen LogP contribution is 2.50. The van der Waals surface area contributed by atoms with Crippen molar-refractivity contribution in [2.75, 3.05) is 13.2 Å². The highest BCUT2D eigenvalue weighted by atomic mass is 32.1. The molecule has 0 saturated heterocycles. The molecule has 1 fully saturated rings. The monoisotopic (exact) mass is 297 g/mol. The topological polar surface area (TPSA) is 58.6 Å². The van der Waals surface area contributed by atoms with E-state index in [2.05, 4.69) is 5.32 Å². The zero-order valence-electron chi connectivity index (χ0n) is 12.3. The highest BCUT2D eigenvalue weighted by Gasteiger charge is 2.59. The number of carbonyl (C=O) groups is 1. The van der Waals surface area contributed by atoms with E-state index in [-0.39, 0.29) is 24.0 Å². The fourth-order valence-electron chi connectivity index (χ4n) is 2.64. The molecule has 1 amide bonds. The summed E-state index contributed by atoms with van der Waals surface area (Å²) in [6, 6.07) is 3.87. The van der Waals surface area contributed by atoms with Crippen LogP contribution >= 0.6 is 11.3 Å². The molecule has 2 N–H and O–H groups in total. The Kier molecular flexibility index (Phi) is 4.52. The first kappa shape index (κ1) is 15.5. The summed E-state index contributed by atoms with van der Waals surface area (Å²) in [5, 5.41) is 15.4. The van der Waals surface area contributed by atoms with Crippen LogP contribution in [0.5, 0.6) is 0 Å². The third-order valence-electron chi connectivity index (χ3n) is 4.39. The van der Waals surface area contributed by atoms with Gasteiger partial charge in [0.2, 0.25) is 5.91 Å². The SMILES string of the molecule is CCOC1CC(O)(CNC(=O)Cc2cccs2)C1(C)C. The van der Waals surface area contributed by atoms with Gasteiger partial charge in [0.1, 0.15) is 0 Å². The Morgan fingerprint density at radius 2 is 2.35 bits per heavy atom. The third kappa shape index (κ3) is 2.90. The zero-order valence-corrected chi connectivity index (χ0v) is 13.1. The average molecular weight is 297 g/mol. The van der Waals surface area contributed by atoms with Crippen LogP contribution in [-0.2, 0) is 16.0 Å². The molecule has 5 heteroatoms. The van der Waals surface area contributed by atoms with Crippen molar-refractivity contribution in [3.8, 4) is 0 Å². The number of thiophene rings is 1. The van der Waals surface area contributed by atoms with Crippen molar-refractivity contribution in [2.24, 2.45) is 5.41 Å². The summed E-state index contributed by atoms with van der Waals surface area (Å²) in [5.74, 6) is -0.0449. The summed E-state index contributed by atoms with van der Waals surface area (Å²) in [7, 11) is 0. The van der Waals surface area contributed by atoms with Crippen LogP contribution in [0.3, 0.4) is 0 Å². The summed E-state index contributed by atoms with van der Waals surface area (Å²) in [6.07, 6.45) is 1.02. The zero-order chi connectivity index (χ0) is 14.8. The largest absolute Gasteiger partial charge is 0.387 e. The molecule has 0 aromatic carbocycles. The number of amides is 1. The standard InChI is InChI=1S/C15H23NO3S/c1-4-19-12-9-15(18,14(12,2)3)10-16-13(17)8-11-6-5-7-20-11/h5-7,12,18H,4,8-10H2,1-3H3,(H,16,17). The predicted octanol–water partition coefficient (Wildman–Crippen LogP) is 1.97. The van der Waals surface area contributed by atoms with Crippen LogP contribution < -0.4 is 5.32 Å². The Hall–Kier alpha value is -0.910. The molecular weight excluding hydrogens is 274 g/mol. The first-order valence-electron chi connectivity index (χ1n) is 7.02. The predicted molar refractivity (Wildman–Crippen MR) is 79.8 cm³/mol. The van der Waals surface area contributed by atoms with Gasteiger partial charge in [-0.1, -0.05) is 19.9 Å². The minimum absolute atomic E-state index is 0.0449. The highest BCUT2D eigenvalue weighted by molar-refractivity contribution is 7.10. The van der Waals surface area contributed by atoms with Crippen LogP contribution in [0.2, 0.25) is 0 Å². The maximum atomic E-state index is 11.9.